The van der Waals surface area contributed by atoms with Crippen LogP contribution in [0.5, 0.6) is 0 Å². The molecule has 9 atom stereocenters. The molecule has 6 heteroatoms. The lowest BCUT2D eigenvalue weighted by Crippen LogP contribution is -2.57. The van der Waals surface area contributed by atoms with Crippen LogP contribution in [0, 0.1) is 28.6 Å². The van der Waals surface area contributed by atoms with Gasteiger partial charge in [0, 0.05) is 29.6 Å². The van der Waals surface area contributed by atoms with E-state index in [1.807, 2.05) is 0 Å². The zero-order valence-electron chi connectivity index (χ0n) is 17.3. The summed E-state index contributed by atoms with van der Waals surface area (Å²) in [5, 5.41) is 44.9. The second kappa shape index (κ2) is 5.81. The van der Waals surface area contributed by atoms with Crippen molar-refractivity contribution in [2.24, 2.45) is 28.6 Å². The van der Waals surface area contributed by atoms with Crippen molar-refractivity contribution in [2.45, 2.75) is 89.3 Å². The van der Waals surface area contributed by atoms with Gasteiger partial charge in [0.25, 0.3) is 0 Å². The zero-order chi connectivity index (χ0) is 20.9. The molecule has 0 aromatic heterocycles. The van der Waals surface area contributed by atoms with Crippen molar-refractivity contribution < 1.29 is 30.0 Å². The monoisotopic (exact) mass is 394 g/mol. The van der Waals surface area contributed by atoms with Crippen LogP contribution in [0.15, 0.2) is 12.2 Å². The predicted molar refractivity (Wildman–Crippen MR) is 102 cm³/mol. The first-order chi connectivity index (χ1) is 12.8. The maximum Gasteiger partial charge on any atom is 0.302 e. The molecule has 2 bridgehead atoms. The summed E-state index contributed by atoms with van der Waals surface area (Å²) in [6.07, 6.45) is 0.0633. The summed E-state index contributed by atoms with van der Waals surface area (Å²) < 4.78 is 5.77. The number of rotatable bonds is 1. The molecule has 0 amide bonds. The SMILES string of the molecule is C=C1[C@@H]2CC[C@@H]3[C@@H](OC(C)=O)[C@@]2(C[C@H](O)[C@@]2(O)[C@H]1C[C@H](O)C2(C)C)C[C@@]3(C)O. The molecule has 0 saturated heterocycles. The molecule has 4 aliphatic carbocycles. The highest BCUT2D eigenvalue weighted by Crippen LogP contribution is 2.69. The van der Waals surface area contributed by atoms with Crippen molar-refractivity contribution >= 4 is 5.97 Å². The fourth-order valence-corrected chi connectivity index (χ4v) is 7.57. The second-order valence-corrected chi connectivity index (χ2v) is 10.7. The van der Waals surface area contributed by atoms with E-state index in [1.165, 1.54) is 6.92 Å². The third-order valence-corrected chi connectivity index (χ3v) is 9.00. The number of carbonyl (C=O) groups is 1. The molecule has 4 rings (SSSR count). The van der Waals surface area contributed by atoms with Crippen LogP contribution in [0.1, 0.15) is 59.8 Å². The van der Waals surface area contributed by atoms with Gasteiger partial charge >= 0.3 is 5.97 Å². The Morgan fingerprint density at radius 1 is 1.11 bits per heavy atom. The summed E-state index contributed by atoms with van der Waals surface area (Å²) >= 11 is 0. The zero-order valence-corrected chi connectivity index (χ0v) is 17.3. The molecule has 4 N–H and O–H groups in total. The van der Waals surface area contributed by atoms with Crippen LogP contribution >= 0.6 is 0 Å². The van der Waals surface area contributed by atoms with Crippen LogP contribution in [0.25, 0.3) is 0 Å². The quantitative estimate of drug-likeness (QED) is 0.397. The van der Waals surface area contributed by atoms with Crippen molar-refractivity contribution in [3.8, 4) is 0 Å². The van der Waals surface area contributed by atoms with E-state index >= 15 is 0 Å². The Bertz CT molecular complexity index is 714. The van der Waals surface area contributed by atoms with E-state index in [9.17, 15) is 25.2 Å². The van der Waals surface area contributed by atoms with Crippen molar-refractivity contribution in [3.63, 3.8) is 0 Å². The summed E-state index contributed by atoms with van der Waals surface area (Å²) in [5.74, 6) is -1.11. The number of ether oxygens (including phenoxy) is 1. The molecule has 0 aromatic rings. The van der Waals surface area contributed by atoms with Gasteiger partial charge in [-0.1, -0.05) is 26.0 Å². The number of hydrogen-bond acceptors (Lipinski definition) is 6. The third kappa shape index (κ3) is 2.26. The smallest absolute Gasteiger partial charge is 0.302 e. The number of hydrogen-bond donors (Lipinski definition) is 4. The fourth-order valence-electron chi connectivity index (χ4n) is 7.57. The first-order valence-corrected chi connectivity index (χ1v) is 10.5. The highest BCUT2D eigenvalue weighted by molar-refractivity contribution is 5.66. The third-order valence-electron chi connectivity index (χ3n) is 9.00. The van der Waals surface area contributed by atoms with E-state index in [0.29, 0.717) is 19.3 Å². The number of fused-ring (bicyclic) bond motifs is 2. The number of aliphatic hydroxyl groups is 4. The van der Waals surface area contributed by atoms with E-state index in [0.717, 1.165) is 12.0 Å². The number of carbonyl (C=O) groups excluding carboxylic acids is 1. The van der Waals surface area contributed by atoms with Gasteiger partial charge in [-0.3, -0.25) is 4.79 Å². The Morgan fingerprint density at radius 3 is 2.36 bits per heavy atom. The minimum atomic E-state index is -1.51. The van der Waals surface area contributed by atoms with E-state index in [1.54, 1.807) is 20.8 Å². The average Bonchev–Trinajstić information content (AvgIpc) is 2.79. The van der Waals surface area contributed by atoms with Gasteiger partial charge in [-0.15, -0.1) is 0 Å². The van der Waals surface area contributed by atoms with Crippen LogP contribution in [-0.4, -0.2) is 55.9 Å². The largest absolute Gasteiger partial charge is 0.462 e. The maximum absolute atomic E-state index is 11.9. The molecule has 4 fully saturated rings. The van der Waals surface area contributed by atoms with Gasteiger partial charge in [0.05, 0.1) is 17.8 Å². The number of aliphatic hydroxyl groups excluding tert-OH is 2. The lowest BCUT2D eigenvalue weighted by molar-refractivity contribution is -0.181. The van der Waals surface area contributed by atoms with Gasteiger partial charge in [0.15, 0.2) is 0 Å². The van der Waals surface area contributed by atoms with Crippen LogP contribution in [0.4, 0.5) is 0 Å². The topological polar surface area (TPSA) is 107 Å². The van der Waals surface area contributed by atoms with E-state index in [2.05, 4.69) is 6.58 Å². The first-order valence-electron chi connectivity index (χ1n) is 10.5. The number of esters is 1. The van der Waals surface area contributed by atoms with Crippen molar-refractivity contribution in [2.75, 3.05) is 0 Å². The van der Waals surface area contributed by atoms with Gasteiger partial charge in [-0.25, -0.2) is 0 Å². The normalized spacial score (nSPS) is 54.6. The molecular weight excluding hydrogens is 360 g/mol. The van der Waals surface area contributed by atoms with Gasteiger partial charge in [-0.05, 0) is 44.9 Å². The van der Waals surface area contributed by atoms with Gasteiger partial charge < -0.3 is 25.2 Å². The van der Waals surface area contributed by atoms with Gasteiger partial charge in [-0.2, -0.15) is 0 Å². The minimum absolute atomic E-state index is 0.0863. The summed E-state index contributed by atoms with van der Waals surface area (Å²) in [4.78, 5) is 11.9. The Labute approximate surface area is 166 Å². The Kier molecular flexibility index (Phi) is 4.22. The molecule has 1 spiro atoms. The predicted octanol–water partition coefficient (Wildman–Crippen LogP) is 1.54. The van der Waals surface area contributed by atoms with Crippen LogP contribution in [0.3, 0.4) is 0 Å². The highest BCUT2D eigenvalue weighted by atomic mass is 16.5. The lowest BCUT2D eigenvalue weighted by atomic mass is 9.61. The van der Waals surface area contributed by atoms with Crippen LogP contribution in [0.2, 0.25) is 0 Å². The standard InChI is InChI=1S/C22H34O6/c1-11-13-6-7-14-18(28-12(2)23)21(13,10-20(14,5)26)9-17(25)22(27)15(11)8-16(24)19(22,3)4/h13-18,24-27H,1,6-10H2,2-5H3/t13-,14+,15-,16-,17-,18+,20+,21-,22-/m0/s1. The molecule has 0 unspecified atom stereocenters. The molecule has 28 heavy (non-hydrogen) atoms. The average molecular weight is 395 g/mol. The van der Waals surface area contributed by atoms with Crippen molar-refractivity contribution in [1.82, 2.24) is 0 Å². The van der Waals surface area contributed by atoms with Crippen LogP contribution < -0.4 is 0 Å². The highest BCUT2D eigenvalue weighted by Gasteiger charge is 2.73. The molecule has 4 aliphatic rings. The molecule has 0 heterocycles. The van der Waals surface area contributed by atoms with Crippen molar-refractivity contribution in [1.29, 1.82) is 0 Å². The summed E-state index contributed by atoms with van der Waals surface area (Å²) in [6, 6.07) is 0. The molecule has 6 nitrogen and oxygen atoms in total. The van der Waals surface area contributed by atoms with Gasteiger partial charge in [0.2, 0.25) is 0 Å². The molecule has 158 valence electrons. The van der Waals surface area contributed by atoms with E-state index < -0.39 is 52.2 Å². The second-order valence-electron chi connectivity index (χ2n) is 10.7. The summed E-state index contributed by atoms with van der Waals surface area (Å²) in [7, 11) is 0. The molecule has 0 radical (unpaired) electrons. The first kappa shape index (κ1) is 20.3. The lowest BCUT2D eigenvalue weighted by Gasteiger charge is -2.47. The van der Waals surface area contributed by atoms with E-state index in [-0.39, 0.29) is 18.3 Å². The Hall–Kier alpha value is -0.950. The minimum Gasteiger partial charge on any atom is -0.462 e. The van der Waals surface area contributed by atoms with E-state index in [4.69, 9.17) is 4.74 Å². The molecule has 0 aliphatic heterocycles. The Morgan fingerprint density at radius 2 is 1.75 bits per heavy atom. The summed E-state index contributed by atoms with van der Waals surface area (Å²) in [5.41, 5.74) is -3.26. The van der Waals surface area contributed by atoms with Crippen LogP contribution in [-0.2, 0) is 9.53 Å². The molecule has 4 saturated carbocycles. The van der Waals surface area contributed by atoms with Crippen molar-refractivity contribution in [3.05, 3.63) is 12.2 Å². The summed E-state index contributed by atoms with van der Waals surface area (Å²) in [6.45, 7) is 11.1. The Balaban J connectivity index is 1.86. The molecular formula is C22H34O6. The maximum atomic E-state index is 11.9. The fraction of sp³-hybridized carbons (Fsp3) is 0.864. The molecule has 0 aromatic carbocycles. The van der Waals surface area contributed by atoms with Gasteiger partial charge in [0.1, 0.15) is 11.7 Å².